The van der Waals surface area contributed by atoms with Crippen molar-refractivity contribution in [2.75, 3.05) is 5.75 Å². The molecule has 0 fully saturated rings. The van der Waals surface area contributed by atoms with Crippen LogP contribution in [-0.2, 0) is 6.42 Å². The molecule has 19 heavy (non-hydrogen) atoms. The van der Waals surface area contributed by atoms with Gasteiger partial charge in [-0.2, -0.15) is 0 Å². The summed E-state index contributed by atoms with van der Waals surface area (Å²) in [5.74, 6) is 1.02. The molecule has 2 aromatic heterocycles. The minimum atomic E-state index is 1.02. The standard InChI is InChI=1S/C16H14N2S/c1-2-6-15-14(5-1)7-8-16(18-15)19-11-9-13-4-3-10-17-12-13/h1-8,10,12H,9,11H2. The minimum Gasteiger partial charge on any atom is -0.264 e. The van der Waals surface area contributed by atoms with Crippen LogP contribution in [0.4, 0.5) is 0 Å². The molecule has 3 rings (SSSR count). The van der Waals surface area contributed by atoms with E-state index in [2.05, 4.69) is 40.3 Å². The smallest absolute Gasteiger partial charge is 0.0967 e. The Labute approximate surface area is 116 Å². The summed E-state index contributed by atoms with van der Waals surface area (Å²) < 4.78 is 0. The molecule has 0 radical (unpaired) electrons. The highest BCUT2D eigenvalue weighted by atomic mass is 32.2. The van der Waals surface area contributed by atoms with Gasteiger partial charge in [0.15, 0.2) is 0 Å². The molecule has 1 aromatic carbocycles. The highest BCUT2D eigenvalue weighted by molar-refractivity contribution is 7.99. The van der Waals surface area contributed by atoms with Gasteiger partial charge in [-0.25, -0.2) is 4.98 Å². The van der Waals surface area contributed by atoms with Crippen molar-refractivity contribution < 1.29 is 0 Å². The van der Waals surface area contributed by atoms with E-state index < -0.39 is 0 Å². The number of rotatable bonds is 4. The lowest BCUT2D eigenvalue weighted by Crippen LogP contribution is -1.90. The number of aromatic nitrogens is 2. The van der Waals surface area contributed by atoms with Crippen molar-refractivity contribution in [1.29, 1.82) is 0 Å². The van der Waals surface area contributed by atoms with Crippen molar-refractivity contribution in [2.24, 2.45) is 0 Å². The molecule has 2 nitrogen and oxygen atoms in total. The number of pyridine rings is 2. The molecule has 0 bridgehead atoms. The van der Waals surface area contributed by atoms with Crippen LogP contribution in [0.3, 0.4) is 0 Å². The van der Waals surface area contributed by atoms with E-state index in [0.29, 0.717) is 0 Å². The third-order valence-electron chi connectivity index (χ3n) is 2.94. The summed E-state index contributed by atoms with van der Waals surface area (Å²) in [6, 6.07) is 16.5. The molecule has 3 aromatic rings. The molecule has 0 aliphatic heterocycles. The lowest BCUT2D eigenvalue weighted by Gasteiger charge is -2.03. The Morgan fingerprint density at radius 3 is 2.79 bits per heavy atom. The molecule has 0 amide bonds. The molecule has 0 aliphatic rings. The maximum Gasteiger partial charge on any atom is 0.0967 e. The first-order chi connectivity index (χ1) is 9.42. The fourth-order valence-corrected chi connectivity index (χ4v) is 2.82. The average Bonchev–Trinajstić information content (AvgIpc) is 2.48. The summed E-state index contributed by atoms with van der Waals surface area (Å²) in [5.41, 5.74) is 2.34. The van der Waals surface area contributed by atoms with Crippen LogP contribution in [0.15, 0.2) is 66.0 Å². The Morgan fingerprint density at radius 2 is 1.89 bits per heavy atom. The molecular formula is C16H14N2S. The van der Waals surface area contributed by atoms with Crippen molar-refractivity contribution in [1.82, 2.24) is 9.97 Å². The number of aryl methyl sites for hydroxylation is 1. The van der Waals surface area contributed by atoms with Crippen LogP contribution in [0.25, 0.3) is 10.9 Å². The Balaban J connectivity index is 1.65. The maximum atomic E-state index is 4.65. The van der Waals surface area contributed by atoms with E-state index in [1.54, 1.807) is 11.8 Å². The van der Waals surface area contributed by atoms with Crippen LogP contribution >= 0.6 is 11.8 Å². The van der Waals surface area contributed by atoms with Crippen LogP contribution in [0.1, 0.15) is 5.56 Å². The number of benzene rings is 1. The van der Waals surface area contributed by atoms with Gasteiger partial charge in [0.05, 0.1) is 10.5 Å². The molecule has 0 saturated heterocycles. The van der Waals surface area contributed by atoms with Gasteiger partial charge in [0.2, 0.25) is 0 Å². The third kappa shape index (κ3) is 3.12. The molecular weight excluding hydrogens is 252 g/mol. The van der Waals surface area contributed by atoms with E-state index in [1.165, 1.54) is 10.9 Å². The average molecular weight is 266 g/mol. The Bertz CT molecular complexity index is 668. The molecule has 0 aliphatic carbocycles. The fraction of sp³-hybridized carbons (Fsp3) is 0.125. The van der Waals surface area contributed by atoms with E-state index in [9.17, 15) is 0 Å². The number of nitrogens with zero attached hydrogens (tertiary/aromatic N) is 2. The van der Waals surface area contributed by atoms with Gasteiger partial charge < -0.3 is 0 Å². The number of thioether (sulfide) groups is 1. The quantitative estimate of drug-likeness (QED) is 0.668. The van der Waals surface area contributed by atoms with Crippen molar-refractivity contribution in [3.05, 3.63) is 66.5 Å². The topological polar surface area (TPSA) is 25.8 Å². The molecule has 0 atom stereocenters. The molecule has 0 unspecified atom stereocenters. The first-order valence-electron chi connectivity index (χ1n) is 6.29. The number of hydrogen-bond acceptors (Lipinski definition) is 3. The summed E-state index contributed by atoms with van der Waals surface area (Å²) >= 11 is 1.79. The normalized spacial score (nSPS) is 10.7. The summed E-state index contributed by atoms with van der Waals surface area (Å²) in [7, 11) is 0. The molecule has 0 spiro atoms. The van der Waals surface area contributed by atoms with Crippen molar-refractivity contribution in [3.63, 3.8) is 0 Å². The largest absolute Gasteiger partial charge is 0.264 e. The predicted octanol–water partition coefficient (Wildman–Crippen LogP) is 3.96. The highest BCUT2D eigenvalue weighted by Gasteiger charge is 1.99. The van der Waals surface area contributed by atoms with Crippen LogP contribution < -0.4 is 0 Å². The summed E-state index contributed by atoms with van der Waals surface area (Å²) in [5, 5.41) is 2.28. The van der Waals surface area contributed by atoms with Gasteiger partial charge in [-0.15, -0.1) is 11.8 Å². The van der Waals surface area contributed by atoms with E-state index in [-0.39, 0.29) is 0 Å². The Hall–Kier alpha value is -1.87. The van der Waals surface area contributed by atoms with Crippen molar-refractivity contribution in [2.45, 2.75) is 11.4 Å². The van der Waals surface area contributed by atoms with Gasteiger partial charge in [0, 0.05) is 23.5 Å². The van der Waals surface area contributed by atoms with Gasteiger partial charge in [-0.1, -0.05) is 30.3 Å². The van der Waals surface area contributed by atoms with Crippen LogP contribution in [0, 0.1) is 0 Å². The lowest BCUT2D eigenvalue weighted by molar-refractivity contribution is 1.10. The van der Waals surface area contributed by atoms with E-state index >= 15 is 0 Å². The van der Waals surface area contributed by atoms with Crippen molar-refractivity contribution >= 4 is 22.7 Å². The highest BCUT2D eigenvalue weighted by Crippen LogP contribution is 2.20. The molecule has 0 N–H and O–H groups in total. The van der Waals surface area contributed by atoms with Crippen LogP contribution in [0.2, 0.25) is 0 Å². The first kappa shape index (κ1) is 12.2. The first-order valence-corrected chi connectivity index (χ1v) is 7.28. The summed E-state index contributed by atoms with van der Waals surface area (Å²) in [6.45, 7) is 0. The summed E-state index contributed by atoms with van der Waals surface area (Å²) in [4.78, 5) is 8.78. The summed E-state index contributed by atoms with van der Waals surface area (Å²) in [6.07, 6.45) is 4.75. The lowest BCUT2D eigenvalue weighted by atomic mass is 10.2. The third-order valence-corrected chi connectivity index (χ3v) is 3.87. The predicted molar refractivity (Wildman–Crippen MR) is 80.4 cm³/mol. The Kier molecular flexibility index (Phi) is 3.75. The monoisotopic (exact) mass is 266 g/mol. The van der Waals surface area contributed by atoms with Gasteiger partial charge in [-0.05, 0) is 30.2 Å². The zero-order valence-corrected chi connectivity index (χ0v) is 11.3. The zero-order valence-electron chi connectivity index (χ0n) is 10.5. The minimum absolute atomic E-state index is 1.02. The van der Waals surface area contributed by atoms with Gasteiger partial charge in [0.25, 0.3) is 0 Å². The number of para-hydroxylation sites is 1. The van der Waals surface area contributed by atoms with Gasteiger partial charge in [0.1, 0.15) is 0 Å². The van der Waals surface area contributed by atoms with Crippen LogP contribution in [-0.4, -0.2) is 15.7 Å². The second-order valence-corrected chi connectivity index (χ2v) is 5.42. The number of fused-ring (bicyclic) bond motifs is 1. The van der Waals surface area contributed by atoms with Gasteiger partial charge >= 0.3 is 0 Å². The molecule has 94 valence electrons. The maximum absolute atomic E-state index is 4.65. The van der Waals surface area contributed by atoms with Gasteiger partial charge in [-0.3, -0.25) is 4.98 Å². The molecule has 2 heterocycles. The Morgan fingerprint density at radius 1 is 0.947 bits per heavy atom. The number of hydrogen-bond donors (Lipinski definition) is 0. The second kappa shape index (κ2) is 5.85. The SMILES string of the molecule is c1cncc(CCSc2ccc3ccccc3n2)c1. The van der Waals surface area contributed by atoms with E-state index in [4.69, 9.17) is 0 Å². The fourth-order valence-electron chi connectivity index (χ4n) is 1.95. The van der Waals surface area contributed by atoms with E-state index in [0.717, 1.165) is 22.7 Å². The molecule has 3 heteroatoms. The van der Waals surface area contributed by atoms with Crippen molar-refractivity contribution in [3.8, 4) is 0 Å². The zero-order chi connectivity index (χ0) is 12.9. The van der Waals surface area contributed by atoms with E-state index in [1.807, 2.05) is 30.6 Å². The van der Waals surface area contributed by atoms with Crippen LogP contribution in [0.5, 0.6) is 0 Å². The second-order valence-electron chi connectivity index (χ2n) is 4.30. The molecule has 0 saturated carbocycles.